The second kappa shape index (κ2) is 14.9. The zero-order chi connectivity index (χ0) is 34.7. The number of amides is 2. The number of anilines is 1. The molecule has 1 spiro atoms. The van der Waals surface area contributed by atoms with E-state index in [-0.39, 0.29) is 23.7 Å². The Morgan fingerprint density at radius 1 is 1.12 bits per heavy atom. The minimum absolute atomic E-state index is 0.0319. The van der Waals surface area contributed by atoms with Gasteiger partial charge in [-0.25, -0.2) is 4.21 Å². The molecule has 1 unspecified atom stereocenters. The van der Waals surface area contributed by atoms with E-state index in [0.717, 1.165) is 67.2 Å². The van der Waals surface area contributed by atoms with E-state index in [1.165, 1.54) is 11.1 Å². The molecule has 2 aliphatic carbocycles. The quantitative estimate of drug-likeness (QED) is 0.275. The summed E-state index contributed by atoms with van der Waals surface area (Å²) in [6, 6.07) is 21.3. The lowest BCUT2D eigenvalue weighted by Crippen LogP contribution is -2.49. The van der Waals surface area contributed by atoms with Crippen molar-refractivity contribution in [3.05, 3.63) is 106 Å². The van der Waals surface area contributed by atoms with E-state index in [1.54, 1.807) is 13.2 Å². The highest BCUT2D eigenvalue weighted by Crippen LogP contribution is 2.47. The number of carbonyl (C=O) groups excluding carboxylic acids is 2. The van der Waals surface area contributed by atoms with Gasteiger partial charge in [-0.3, -0.25) is 14.3 Å². The Morgan fingerprint density at radius 3 is 2.78 bits per heavy atom. The predicted molar refractivity (Wildman–Crippen MR) is 198 cm³/mol. The molecular formula is C40H46ClN3O5S. The van der Waals surface area contributed by atoms with Gasteiger partial charge < -0.3 is 14.4 Å². The Labute approximate surface area is 300 Å². The zero-order valence-electron chi connectivity index (χ0n) is 28.7. The third kappa shape index (κ3) is 7.51. The van der Waals surface area contributed by atoms with Crippen LogP contribution in [-0.2, 0) is 37.7 Å². The van der Waals surface area contributed by atoms with Crippen LogP contribution in [0.2, 0.25) is 5.02 Å². The molecule has 2 amide bonds. The van der Waals surface area contributed by atoms with Gasteiger partial charge in [-0.2, -0.15) is 0 Å². The summed E-state index contributed by atoms with van der Waals surface area (Å²) < 4.78 is 33.8. The molecule has 8 nitrogen and oxygen atoms in total. The highest BCUT2D eigenvalue weighted by Gasteiger charge is 2.44. The Kier molecular flexibility index (Phi) is 10.4. The molecule has 1 N–H and O–H groups in total. The largest absolute Gasteiger partial charge is 0.490 e. The van der Waals surface area contributed by atoms with Crippen molar-refractivity contribution < 1.29 is 23.3 Å². The number of fused-ring (bicyclic) bond motifs is 4. The summed E-state index contributed by atoms with van der Waals surface area (Å²) in [4.78, 5) is 29.4. The third-order valence-electron chi connectivity index (χ3n) is 11.0. The topological polar surface area (TPSA) is 97.3 Å². The molecule has 0 saturated heterocycles. The monoisotopic (exact) mass is 715 g/mol. The number of nitrogens with one attached hydrogen (secondary N) is 1. The molecule has 7 rings (SSSR count). The minimum Gasteiger partial charge on any atom is -0.490 e. The molecule has 264 valence electrons. The van der Waals surface area contributed by atoms with Crippen LogP contribution in [0, 0.1) is 11.8 Å². The van der Waals surface area contributed by atoms with Crippen molar-refractivity contribution in [2.45, 2.75) is 69.3 Å². The predicted octanol–water partition coefficient (Wildman–Crippen LogP) is 7.48. The van der Waals surface area contributed by atoms with Crippen LogP contribution in [0.3, 0.4) is 0 Å². The van der Waals surface area contributed by atoms with Crippen LogP contribution in [0.25, 0.3) is 0 Å². The van der Waals surface area contributed by atoms with Gasteiger partial charge in [-0.15, -0.1) is 4.36 Å². The van der Waals surface area contributed by atoms with Gasteiger partial charge in [0.15, 0.2) is 0 Å². The SMILES string of the molecule is CO[C@H]1/C=C\CCCS(=O)(NC(=O)CCc2ccccc2)=NC(=O)c2ccc3c(c2)N(C[C@@H]2CC[C@H]21)C[C@@]1(CCCc2cc(Cl)ccc21)CO3. The number of methoxy groups -OCH3 is 1. The Hall–Kier alpha value is -3.66. The average molecular weight is 716 g/mol. The lowest BCUT2D eigenvalue weighted by Gasteiger charge is -2.46. The van der Waals surface area contributed by atoms with Crippen LogP contribution in [0.1, 0.15) is 72.0 Å². The van der Waals surface area contributed by atoms with E-state index in [9.17, 15) is 13.8 Å². The van der Waals surface area contributed by atoms with Crippen LogP contribution in [0.4, 0.5) is 5.69 Å². The van der Waals surface area contributed by atoms with Gasteiger partial charge >= 0.3 is 0 Å². The van der Waals surface area contributed by atoms with E-state index in [0.29, 0.717) is 43.3 Å². The Balaban J connectivity index is 1.24. The number of rotatable bonds is 5. The number of halogens is 1. The van der Waals surface area contributed by atoms with Crippen molar-refractivity contribution in [3.8, 4) is 5.75 Å². The maximum Gasteiger partial charge on any atom is 0.286 e. The maximum absolute atomic E-state index is 14.3. The molecule has 2 bridgehead atoms. The van der Waals surface area contributed by atoms with Crippen molar-refractivity contribution in [3.63, 3.8) is 0 Å². The second-order valence-electron chi connectivity index (χ2n) is 14.3. The van der Waals surface area contributed by atoms with Gasteiger partial charge in [0.25, 0.3) is 5.91 Å². The fraction of sp³-hybridized carbons (Fsp3) is 0.450. The van der Waals surface area contributed by atoms with Crippen molar-refractivity contribution in [1.82, 2.24) is 4.72 Å². The van der Waals surface area contributed by atoms with Crippen molar-refractivity contribution in [2.75, 3.05) is 37.5 Å². The van der Waals surface area contributed by atoms with E-state index >= 15 is 0 Å². The van der Waals surface area contributed by atoms with E-state index in [1.807, 2.05) is 48.5 Å². The Bertz CT molecular complexity index is 1890. The number of carbonyl (C=O) groups is 2. The number of hydrogen-bond donors (Lipinski definition) is 1. The third-order valence-corrected chi connectivity index (χ3v) is 13.1. The molecule has 1 fully saturated rings. The molecule has 0 aromatic heterocycles. The van der Waals surface area contributed by atoms with Gasteiger partial charge in [0.1, 0.15) is 15.7 Å². The minimum atomic E-state index is -3.39. The molecule has 2 aliphatic heterocycles. The molecular weight excluding hydrogens is 670 g/mol. The van der Waals surface area contributed by atoms with Gasteiger partial charge in [0.2, 0.25) is 5.91 Å². The van der Waals surface area contributed by atoms with Crippen LogP contribution >= 0.6 is 11.6 Å². The highest BCUT2D eigenvalue weighted by molar-refractivity contribution is 7.92. The Morgan fingerprint density at radius 2 is 1.98 bits per heavy atom. The average Bonchev–Trinajstić information content (AvgIpc) is 3.25. The summed E-state index contributed by atoms with van der Waals surface area (Å²) in [7, 11) is -1.62. The molecule has 4 aliphatic rings. The summed E-state index contributed by atoms with van der Waals surface area (Å²) in [5.41, 5.74) is 4.48. The molecule has 5 atom stereocenters. The van der Waals surface area contributed by atoms with Gasteiger partial charge in [0.05, 0.1) is 24.2 Å². The fourth-order valence-corrected chi connectivity index (χ4v) is 10.1. The molecule has 1 saturated carbocycles. The van der Waals surface area contributed by atoms with Crippen LogP contribution in [-0.4, -0.2) is 54.7 Å². The maximum atomic E-state index is 14.3. The number of aryl methyl sites for hydroxylation is 2. The number of nitrogens with zero attached hydrogens (tertiary/aromatic N) is 2. The van der Waals surface area contributed by atoms with E-state index in [4.69, 9.17) is 21.1 Å². The summed E-state index contributed by atoms with van der Waals surface area (Å²) >= 11 is 6.45. The van der Waals surface area contributed by atoms with Crippen molar-refractivity contribution in [1.29, 1.82) is 0 Å². The number of ether oxygens (including phenoxy) is 2. The lowest BCUT2D eigenvalue weighted by molar-refractivity contribution is -0.119. The van der Waals surface area contributed by atoms with Gasteiger partial charge in [-0.05, 0) is 110 Å². The van der Waals surface area contributed by atoms with Crippen molar-refractivity contribution in [2.24, 2.45) is 16.2 Å². The fourth-order valence-electron chi connectivity index (χ4n) is 8.25. The summed E-state index contributed by atoms with van der Waals surface area (Å²) in [5.74, 6) is 0.545. The van der Waals surface area contributed by atoms with Crippen LogP contribution < -0.4 is 14.4 Å². The molecule has 50 heavy (non-hydrogen) atoms. The van der Waals surface area contributed by atoms with Crippen LogP contribution in [0.15, 0.2) is 83.2 Å². The molecule has 10 heteroatoms. The van der Waals surface area contributed by atoms with E-state index in [2.05, 4.69) is 38.3 Å². The van der Waals surface area contributed by atoms with Crippen LogP contribution in [0.5, 0.6) is 5.75 Å². The molecule has 2 heterocycles. The lowest BCUT2D eigenvalue weighted by atomic mass is 9.68. The molecule has 3 aromatic rings. The number of hydrogen-bond acceptors (Lipinski definition) is 6. The second-order valence-corrected chi connectivity index (χ2v) is 16.8. The zero-order valence-corrected chi connectivity index (χ0v) is 30.2. The number of benzene rings is 3. The summed E-state index contributed by atoms with van der Waals surface area (Å²) in [6.07, 6.45) is 11.1. The summed E-state index contributed by atoms with van der Waals surface area (Å²) in [6.45, 7) is 2.04. The smallest absolute Gasteiger partial charge is 0.286 e. The molecule has 3 aromatic carbocycles. The first-order valence-electron chi connectivity index (χ1n) is 17.9. The highest BCUT2D eigenvalue weighted by atomic mass is 35.5. The van der Waals surface area contributed by atoms with E-state index < -0.39 is 21.7 Å². The van der Waals surface area contributed by atoms with Gasteiger partial charge in [0, 0.05) is 42.6 Å². The normalized spacial score (nSPS) is 28.6. The standard InChI is InChI=1S/C40H46ClN3O5S/c1-48-36-12-6-3-7-22-50(47,42-38(45)20-13-28-9-4-2-5-10-28)43-39(46)30-15-19-37-35(24-30)44(25-31-14-17-33(31)36)26-40(27-49-37)21-8-11-29-23-32(41)16-18-34(29)40/h2,4-6,9-10,12,15-16,18-19,23-24,31,33,36H,3,7-8,11,13-14,17,20-22,25-27H2,1H3,(H,42,43,45,46,47)/b12-6-/t31-,33+,36-,40-,50?/m0/s1. The van der Waals surface area contributed by atoms with Crippen molar-refractivity contribution >= 4 is 39.0 Å². The first-order chi connectivity index (χ1) is 24.2. The summed E-state index contributed by atoms with van der Waals surface area (Å²) in [5, 5.41) is 0.746. The first-order valence-corrected chi connectivity index (χ1v) is 19.9. The molecule has 0 radical (unpaired) electrons. The van der Waals surface area contributed by atoms with Gasteiger partial charge in [-0.1, -0.05) is 60.2 Å². The first kappa shape index (κ1) is 34.8. The number of allylic oxidation sites excluding steroid dienone is 1.